The number of amides is 1. The lowest BCUT2D eigenvalue weighted by Crippen LogP contribution is -2.50. The van der Waals surface area contributed by atoms with Crippen LogP contribution < -0.4 is 15.4 Å². The number of rotatable bonds is 4. The van der Waals surface area contributed by atoms with Gasteiger partial charge in [0.2, 0.25) is 0 Å². The Labute approximate surface area is 189 Å². The number of nitrogens with one attached hydrogen (secondary N) is 2. The Morgan fingerprint density at radius 2 is 2.21 bits per heavy atom. The Balaban J connectivity index is 1.55. The van der Waals surface area contributed by atoms with Gasteiger partial charge in [-0.2, -0.15) is 9.61 Å². The lowest BCUT2D eigenvalue weighted by atomic mass is 9.89. The molecule has 4 aromatic rings. The molecule has 0 unspecified atom stereocenters. The number of pyridine rings is 1. The van der Waals surface area contributed by atoms with E-state index >= 15 is 0 Å². The summed E-state index contributed by atoms with van der Waals surface area (Å²) in [6, 6.07) is 3.90. The monoisotopic (exact) mass is 447 g/mol. The highest BCUT2D eigenvalue weighted by molar-refractivity contribution is 6.02. The van der Waals surface area contributed by atoms with Gasteiger partial charge in [-0.1, -0.05) is 0 Å². The molecule has 4 aromatic heterocycles. The van der Waals surface area contributed by atoms with Gasteiger partial charge >= 0.3 is 0 Å². The van der Waals surface area contributed by atoms with Crippen molar-refractivity contribution in [1.29, 1.82) is 0 Å². The molecule has 1 amide bonds. The molecule has 1 saturated carbocycles. The molecular weight excluding hydrogens is 422 g/mol. The fraction of sp³-hybridized carbons (Fsp3) is 0.391. The Hall–Kier alpha value is -3.66. The molecule has 2 aliphatic rings. The highest BCUT2D eigenvalue weighted by Crippen LogP contribution is 2.41. The number of aromatic nitrogens is 5. The van der Waals surface area contributed by atoms with Gasteiger partial charge in [-0.05, 0) is 38.8 Å². The van der Waals surface area contributed by atoms with E-state index in [1.807, 2.05) is 18.3 Å². The lowest BCUT2D eigenvalue weighted by Gasteiger charge is -2.32. The molecule has 0 radical (unpaired) electrons. The first-order chi connectivity index (χ1) is 16.0. The Morgan fingerprint density at radius 1 is 1.33 bits per heavy atom. The fourth-order valence-corrected chi connectivity index (χ4v) is 4.50. The van der Waals surface area contributed by atoms with Crippen LogP contribution in [-0.2, 0) is 0 Å². The zero-order valence-corrected chi connectivity index (χ0v) is 18.4. The second-order valence-electron chi connectivity index (χ2n) is 8.85. The van der Waals surface area contributed by atoms with Crippen molar-refractivity contribution in [1.82, 2.24) is 29.5 Å². The summed E-state index contributed by atoms with van der Waals surface area (Å²) in [5.41, 5.74) is 3.18. The van der Waals surface area contributed by atoms with Crippen LogP contribution in [0.15, 0.2) is 30.7 Å². The van der Waals surface area contributed by atoms with E-state index in [0.29, 0.717) is 48.0 Å². The van der Waals surface area contributed by atoms with Crippen molar-refractivity contribution < 1.29 is 14.6 Å². The largest absolute Gasteiger partial charge is 0.486 e. The Kier molecular flexibility index (Phi) is 4.51. The Morgan fingerprint density at radius 3 is 2.97 bits per heavy atom. The molecule has 0 saturated heterocycles. The van der Waals surface area contributed by atoms with Gasteiger partial charge in [0, 0.05) is 29.4 Å². The molecular formula is C23H25N7O3. The molecule has 10 nitrogen and oxygen atoms in total. The van der Waals surface area contributed by atoms with Crippen LogP contribution in [-0.4, -0.2) is 60.5 Å². The number of hydrogen-bond acceptors (Lipinski definition) is 7. The van der Waals surface area contributed by atoms with Crippen molar-refractivity contribution in [2.24, 2.45) is 0 Å². The van der Waals surface area contributed by atoms with E-state index in [2.05, 4.69) is 39.1 Å². The quantitative estimate of drug-likeness (QED) is 0.439. The molecule has 0 spiro atoms. The highest BCUT2D eigenvalue weighted by atomic mass is 16.5. The summed E-state index contributed by atoms with van der Waals surface area (Å²) in [4.78, 5) is 22.5. The van der Waals surface area contributed by atoms with E-state index in [1.165, 1.54) is 6.20 Å². The second kappa shape index (κ2) is 7.45. The van der Waals surface area contributed by atoms with Crippen LogP contribution in [0.25, 0.3) is 27.9 Å². The number of carbonyl (C=O) groups is 1. The first-order valence-corrected chi connectivity index (χ1v) is 11.3. The number of ether oxygens (including phenoxy) is 1. The molecule has 5 heterocycles. The van der Waals surface area contributed by atoms with Gasteiger partial charge in [0.1, 0.15) is 23.5 Å². The molecule has 10 heteroatoms. The third kappa shape index (κ3) is 3.05. The fourth-order valence-electron chi connectivity index (χ4n) is 4.50. The SMILES string of the molecule is CC(C)n1cc(-c2nc3c(C(=O)N[C@@H]4CC[C@@H]4O)cnn3c3c2OCCN3)c2cccnc21. The summed E-state index contributed by atoms with van der Waals surface area (Å²) in [6.45, 7) is 5.34. The second-order valence-corrected chi connectivity index (χ2v) is 8.85. The minimum atomic E-state index is -0.503. The van der Waals surface area contributed by atoms with Gasteiger partial charge in [0.25, 0.3) is 5.91 Å². The maximum atomic E-state index is 13.0. The van der Waals surface area contributed by atoms with Gasteiger partial charge in [-0.25, -0.2) is 9.97 Å². The van der Waals surface area contributed by atoms with Crippen LogP contribution in [0.3, 0.4) is 0 Å². The molecule has 1 fully saturated rings. The van der Waals surface area contributed by atoms with E-state index in [1.54, 1.807) is 10.7 Å². The normalized spacial score (nSPS) is 19.8. The number of aliphatic hydroxyl groups is 1. The van der Waals surface area contributed by atoms with Gasteiger partial charge in [-0.15, -0.1) is 0 Å². The van der Waals surface area contributed by atoms with Gasteiger partial charge in [0.15, 0.2) is 17.2 Å². The zero-order chi connectivity index (χ0) is 22.7. The van der Waals surface area contributed by atoms with Gasteiger partial charge in [0.05, 0.1) is 24.9 Å². The number of hydrogen-bond donors (Lipinski definition) is 3. The summed E-state index contributed by atoms with van der Waals surface area (Å²) < 4.78 is 9.79. The van der Waals surface area contributed by atoms with Crippen LogP contribution in [0.4, 0.5) is 5.82 Å². The maximum absolute atomic E-state index is 13.0. The number of aliphatic hydroxyl groups excluding tert-OH is 1. The van der Waals surface area contributed by atoms with E-state index in [9.17, 15) is 9.90 Å². The van der Waals surface area contributed by atoms with Crippen molar-refractivity contribution >= 4 is 28.4 Å². The first-order valence-electron chi connectivity index (χ1n) is 11.3. The standard InChI is InChI=1S/C23H25N7O3/c1-12(2)29-11-15(13-4-3-7-24-20(13)29)18-19-22(25-8-9-33-19)30-21(28-18)14(10-26-30)23(32)27-16-5-6-17(16)31/h3-4,7,10-12,16-17,25,31H,5-6,8-9H2,1-2H3,(H,27,32)/t16-,17+/m1/s1. The van der Waals surface area contributed by atoms with E-state index < -0.39 is 6.10 Å². The average Bonchev–Trinajstić information content (AvgIpc) is 3.43. The smallest absolute Gasteiger partial charge is 0.257 e. The van der Waals surface area contributed by atoms with Gasteiger partial charge in [-0.3, -0.25) is 4.79 Å². The molecule has 6 rings (SSSR count). The lowest BCUT2D eigenvalue weighted by molar-refractivity contribution is 0.0448. The number of fused-ring (bicyclic) bond motifs is 4. The predicted molar refractivity (Wildman–Crippen MR) is 123 cm³/mol. The zero-order valence-electron chi connectivity index (χ0n) is 18.4. The first kappa shape index (κ1) is 20.0. The summed E-state index contributed by atoms with van der Waals surface area (Å²) in [6.07, 6.45) is 6.30. The molecule has 1 aliphatic heterocycles. The van der Waals surface area contributed by atoms with E-state index in [-0.39, 0.29) is 18.0 Å². The van der Waals surface area contributed by atoms with Crippen molar-refractivity contribution in [3.8, 4) is 17.0 Å². The molecule has 3 N–H and O–H groups in total. The average molecular weight is 447 g/mol. The van der Waals surface area contributed by atoms with Crippen molar-refractivity contribution in [3.63, 3.8) is 0 Å². The topological polar surface area (TPSA) is 119 Å². The third-order valence-corrected chi connectivity index (χ3v) is 6.44. The summed E-state index contributed by atoms with van der Waals surface area (Å²) in [7, 11) is 0. The molecule has 0 bridgehead atoms. The minimum absolute atomic E-state index is 0.208. The minimum Gasteiger partial charge on any atom is -0.486 e. The Bertz CT molecular complexity index is 1390. The van der Waals surface area contributed by atoms with E-state index in [4.69, 9.17) is 9.72 Å². The third-order valence-electron chi connectivity index (χ3n) is 6.44. The van der Waals surface area contributed by atoms with Crippen LogP contribution in [0.5, 0.6) is 5.75 Å². The van der Waals surface area contributed by atoms with Crippen molar-refractivity contribution in [2.75, 3.05) is 18.5 Å². The number of carbonyl (C=O) groups excluding carboxylic acids is 1. The van der Waals surface area contributed by atoms with E-state index in [0.717, 1.165) is 23.0 Å². The molecule has 2 atom stereocenters. The molecule has 1 aliphatic carbocycles. The maximum Gasteiger partial charge on any atom is 0.257 e. The predicted octanol–water partition coefficient (Wildman–Crippen LogP) is 2.38. The summed E-state index contributed by atoms with van der Waals surface area (Å²) >= 11 is 0. The molecule has 33 heavy (non-hydrogen) atoms. The van der Waals surface area contributed by atoms with Crippen molar-refractivity contribution in [3.05, 3.63) is 36.3 Å². The number of anilines is 1. The summed E-state index contributed by atoms with van der Waals surface area (Å²) in [5, 5.41) is 21.5. The van der Waals surface area contributed by atoms with Crippen LogP contribution in [0, 0.1) is 0 Å². The number of nitrogens with zero attached hydrogens (tertiary/aromatic N) is 5. The van der Waals surface area contributed by atoms with Crippen LogP contribution in [0.2, 0.25) is 0 Å². The molecule has 0 aromatic carbocycles. The van der Waals surface area contributed by atoms with Crippen LogP contribution in [0.1, 0.15) is 43.1 Å². The van der Waals surface area contributed by atoms with Crippen LogP contribution >= 0.6 is 0 Å². The van der Waals surface area contributed by atoms with Gasteiger partial charge < -0.3 is 25.0 Å². The molecule has 170 valence electrons. The highest BCUT2D eigenvalue weighted by Gasteiger charge is 2.32. The van der Waals surface area contributed by atoms with Crippen molar-refractivity contribution in [2.45, 2.75) is 44.9 Å². The summed E-state index contributed by atoms with van der Waals surface area (Å²) in [5.74, 6) is 0.971.